The van der Waals surface area contributed by atoms with Gasteiger partial charge in [-0.05, 0) is 55.8 Å². The van der Waals surface area contributed by atoms with Gasteiger partial charge in [-0.3, -0.25) is 4.79 Å². The van der Waals surface area contributed by atoms with Crippen LogP contribution >= 0.6 is 0 Å². The van der Waals surface area contributed by atoms with E-state index in [1.165, 1.54) is 49.4 Å². The number of unbranched alkanes of at least 4 members (excludes halogenated alkanes) is 5. The zero-order chi connectivity index (χ0) is 38.5. The van der Waals surface area contributed by atoms with Crippen LogP contribution < -0.4 is 11.2 Å². The molecule has 3 aromatic carbocycles. The number of carbonyl (C=O) groups is 4. The van der Waals surface area contributed by atoms with E-state index in [0.29, 0.717) is 11.0 Å². The molecular weight excluding hydrogens is 696 g/mol. The molecule has 1 saturated heterocycles. The number of hydrogen-bond acceptors (Lipinski definition) is 11. The number of nitrogens with zero attached hydrogens (tertiary/aromatic N) is 1. The van der Waals surface area contributed by atoms with Crippen LogP contribution in [0.5, 0.6) is 0 Å². The maximum atomic E-state index is 14.1. The number of aromatic amines is 1. The highest BCUT2D eigenvalue weighted by atomic mass is 16.8. The Morgan fingerprint density at radius 2 is 1.20 bits per heavy atom. The van der Waals surface area contributed by atoms with Crippen molar-refractivity contribution in [3.05, 3.63) is 146 Å². The van der Waals surface area contributed by atoms with Gasteiger partial charge in [0.25, 0.3) is 5.56 Å². The monoisotopic (exact) mass is 738 g/mol. The Bertz CT molecular complexity index is 2040. The number of aryl methyl sites for hydroxylation is 1. The molecule has 0 radical (unpaired) electrons. The van der Waals surface area contributed by atoms with Crippen LogP contribution in [0.4, 0.5) is 0 Å². The lowest BCUT2D eigenvalue weighted by Gasteiger charge is -2.24. The lowest BCUT2D eigenvalue weighted by atomic mass is 10.1. The molecule has 54 heavy (non-hydrogen) atoms. The third-order valence-corrected chi connectivity index (χ3v) is 8.63. The second-order valence-electron chi connectivity index (χ2n) is 12.6. The van der Waals surface area contributed by atoms with E-state index in [1.54, 1.807) is 54.6 Å². The number of carbonyl (C=O) groups excluding carboxylic acids is 4. The van der Waals surface area contributed by atoms with E-state index in [4.69, 9.17) is 23.7 Å². The number of esters is 4. The van der Waals surface area contributed by atoms with Crippen molar-refractivity contribution in [1.82, 2.24) is 9.55 Å². The highest BCUT2D eigenvalue weighted by molar-refractivity contribution is 5.91. The van der Waals surface area contributed by atoms with Gasteiger partial charge in [-0.1, -0.05) is 93.6 Å². The normalized spacial score (nSPS) is 17.9. The number of ether oxygens (including phenoxy) is 5. The van der Waals surface area contributed by atoms with Gasteiger partial charge >= 0.3 is 29.6 Å². The molecule has 0 bridgehead atoms. The van der Waals surface area contributed by atoms with Crippen molar-refractivity contribution in [2.45, 2.75) is 77.1 Å². The van der Waals surface area contributed by atoms with E-state index < -0.39 is 59.9 Å². The van der Waals surface area contributed by atoms with Gasteiger partial charge in [-0.15, -0.1) is 0 Å². The van der Waals surface area contributed by atoms with Crippen LogP contribution in [0.25, 0.3) is 6.08 Å². The van der Waals surface area contributed by atoms with Crippen molar-refractivity contribution in [3.63, 3.8) is 0 Å². The molecule has 0 spiro atoms. The van der Waals surface area contributed by atoms with Crippen molar-refractivity contribution in [3.8, 4) is 0 Å². The number of nitrogens with one attached hydrogen (secondary N) is 1. The first-order chi connectivity index (χ1) is 26.2. The average Bonchev–Trinajstić information content (AvgIpc) is 3.49. The van der Waals surface area contributed by atoms with Crippen LogP contribution in [0.1, 0.15) is 94.0 Å². The second kappa shape index (κ2) is 19.1. The number of benzene rings is 3. The summed E-state index contributed by atoms with van der Waals surface area (Å²) in [6.07, 6.45) is 1.38. The van der Waals surface area contributed by atoms with Crippen LogP contribution in [-0.4, -0.2) is 58.5 Å². The summed E-state index contributed by atoms with van der Waals surface area (Å²) in [5.41, 5.74) is -1.57. The van der Waals surface area contributed by atoms with Gasteiger partial charge in [0.05, 0.1) is 28.9 Å². The van der Waals surface area contributed by atoms with E-state index in [2.05, 4.69) is 11.9 Å². The third kappa shape index (κ3) is 10.1. The molecule has 4 atom stereocenters. The summed E-state index contributed by atoms with van der Waals surface area (Å²) in [6.45, 7) is 3.81. The summed E-state index contributed by atoms with van der Waals surface area (Å²) in [4.78, 5) is 83.0. The molecule has 5 rings (SSSR count). The van der Waals surface area contributed by atoms with Gasteiger partial charge in [0, 0.05) is 11.8 Å². The Hall–Kier alpha value is -6.08. The smallest absolute Gasteiger partial charge is 0.340 e. The Kier molecular flexibility index (Phi) is 13.9. The highest BCUT2D eigenvalue weighted by Gasteiger charge is 2.54. The van der Waals surface area contributed by atoms with Gasteiger partial charge in [0.1, 0.15) is 0 Å². The average molecular weight is 739 g/mol. The summed E-state index contributed by atoms with van der Waals surface area (Å²) in [6, 6.07) is 23.6. The number of aromatic nitrogens is 2. The fraction of sp³-hybridized carbons (Fsp3) is 0.317. The first-order valence-corrected chi connectivity index (χ1v) is 17.8. The zero-order valence-corrected chi connectivity index (χ0v) is 30.0. The number of rotatable bonds is 16. The van der Waals surface area contributed by atoms with E-state index >= 15 is 0 Å². The lowest BCUT2D eigenvalue weighted by molar-refractivity contribution is -0.149. The molecule has 1 aliphatic rings. The fourth-order valence-corrected chi connectivity index (χ4v) is 5.79. The molecule has 13 nitrogen and oxygen atoms in total. The molecule has 1 fully saturated rings. The molecular formula is C41H42N2O11. The molecule has 1 N–H and O–H groups in total. The topological polar surface area (TPSA) is 169 Å². The highest BCUT2D eigenvalue weighted by Crippen LogP contribution is 2.35. The Balaban J connectivity index is 1.50. The maximum absolute atomic E-state index is 14.1. The molecule has 0 saturated carbocycles. The molecule has 2 heterocycles. The van der Waals surface area contributed by atoms with Crippen LogP contribution in [0.3, 0.4) is 0 Å². The summed E-state index contributed by atoms with van der Waals surface area (Å²) >= 11 is 0. The minimum Gasteiger partial charge on any atom is -0.463 e. The predicted octanol–water partition coefficient (Wildman–Crippen LogP) is 5.93. The van der Waals surface area contributed by atoms with Crippen molar-refractivity contribution in [2.24, 2.45) is 0 Å². The summed E-state index contributed by atoms with van der Waals surface area (Å²) < 4.78 is 29.3. The Morgan fingerprint density at radius 1 is 0.704 bits per heavy atom. The Morgan fingerprint density at radius 3 is 1.76 bits per heavy atom. The van der Waals surface area contributed by atoms with Crippen molar-refractivity contribution in [2.75, 3.05) is 6.61 Å². The largest absolute Gasteiger partial charge is 0.463 e. The van der Waals surface area contributed by atoms with Crippen molar-refractivity contribution < 1.29 is 42.9 Å². The molecule has 1 aromatic heterocycles. The van der Waals surface area contributed by atoms with E-state index in [0.717, 1.165) is 38.2 Å². The molecule has 282 valence electrons. The van der Waals surface area contributed by atoms with Crippen molar-refractivity contribution >= 4 is 30.0 Å². The van der Waals surface area contributed by atoms with Gasteiger partial charge in [0.2, 0.25) is 12.4 Å². The number of H-pyrrole nitrogens is 1. The van der Waals surface area contributed by atoms with E-state index in [-0.39, 0.29) is 34.6 Å². The summed E-state index contributed by atoms with van der Waals surface area (Å²) in [5, 5.41) is 0. The first-order valence-electron chi connectivity index (χ1n) is 17.8. The van der Waals surface area contributed by atoms with E-state index in [9.17, 15) is 28.8 Å². The van der Waals surface area contributed by atoms with Crippen molar-refractivity contribution in [1.29, 1.82) is 0 Å². The van der Waals surface area contributed by atoms with Gasteiger partial charge in [-0.25, -0.2) is 28.5 Å². The first kappa shape index (κ1) is 39.1. The zero-order valence-electron chi connectivity index (χ0n) is 30.0. The lowest BCUT2D eigenvalue weighted by Crippen LogP contribution is -2.46. The summed E-state index contributed by atoms with van der Waals surface area (Å²) in [5.74, 6) is -3.37. The summed E-state index contributed by atoms with van der Waals surface area (Å²) in [7, 11) is 0. The van der Waals surface area contributed by atoms with Crippen LogP contribution in [0.15, 0.2) is 107 Å². The predicted molar refractivity (Wildman–Crippen MR) is 196 cm³/mol. The quantitative estimate of drug-likeness (QED) is 0.0626. The molecule has 4 unspecified atom stereocenters. The standard InChI is InChI=1S/C41H42N2O11/c1-3-4-5-6-7-17-26-50-32(44)25-24-31-27(2)42-41(49)43(35(31)45)36-33(51-37(46)28-18-11-8-12-19-28)34(52-38(47)29-20-13-9-14-21-29)40(53-36)54-39(48)30-22-15-10-16-23-30/h8-16,18-25,33-34,36,40H,3-7,17,26H2,1-2H3,(H,42,49). The van der Waals surface area contributed by atoms with Crippen LogP contribution in [0, 0.1) is 6.92 Å². The molecule has 13 heteroatoms. The molecule has 1 aliphatic heterocycles. The Labute approximate surface area is 311 Å². The van der Waals surface area contributed by atoms with Gasteiger partial charge < -0.3 is 28.7 Å². The SMILES string of the molecule is CCCCCCCCOC(=O)C=Cc1c(C)[nH]c(=O)n(C2OC(OC(=O)c3ccccc3)C(OC(=O)c3ccccc3)C2OC(=O)c2ccccc2)c1=O. The van der Waals surface area contributed by atoms with Crippen LogP contribution in [-0.2, 0) is 28.5 Å². The molecule has 0 amide bonds. The minimum atomic E-state index is -1.79. The maximum Gasteiger partial charge on any atom is 0.340 e. The van der Waals surface area contributed by atoms with Gasteiger partial charge in [0.15, 0.2) is 12.3 Å². The second-order valence-corrected chi connectivity index (χ2v) is 12.6. The van der Waals surface area contributed by atoms with Gasteiger partial charge in [-0.2, -0.15) is 0 Å². The third-order valence-electron chi connectivity index (χ3n) is 8.63. The molecule has 0 aliphatic carbocycles. The number of hydrogen-bond donors (Lipinski definition) is 1. The van der Waals surface area contributed by atoms with Crippen LogP contribution in [0.2, 0.25) is 0 Å². The van der Waals surface area contributed by atoms with E-state index in [1.807, 2.05) is 0 Å². The fourth-order valence-electron chi connectivity index (χ4n) is 5.79. The molecule has 4 aromatic rings. The minimum absolute atomic E-state index is 0.0994.